The average Bonchev–Trinajstić information content (AvgIpc) is 2.78. The van der Waals surface area contributed by atoms with E-state index in [0.29, 0.717) is 6.42 Å². The number of unbranched alkanes of at least 4 members (excludes halogenated alkanes) is 3. The highest BCUT2D eigenvalue weighted by molar-refractivity contribution is 5.74. The van der Waals surface area contributed by atoms with Crippen LogP contribution in [0.4, 0.5) is 0 Å². The van der Waals surface area contributed by atoms with Crippen LogP contribution in [0.25, 0.3) is 0 Å². The van der Waals surface area contributed by atoms with Crippen LogP contribution in [-0.4, -0.2) is 22.2 Å². The number of dihydropyridines is 2. The minimum absolute atomic E-state index is 0.00615. The van der Waals surface area contributed by atoms with Gasteiger partial charge in [-0.25, -0.2) is 0 Å². The van der Waals surface area contributed by atoms with E-state index in [1.54, 1.807) is 0 Å². The van der Waals surface area contributed by atoms with Gasteiger partial charge in [-0.3, -0.25) is 9.59 Å². The molecule has 2 heterocycles. The molecule has 2 rings (SSSR count). The van der Waals surface area contributed by atoms with Crippen molar-refractivity contribution in [3.8, 4) is 0 Å². The molecule has 4 unspecified atom stereocenters. The van der Waals surface area contributed by atoms with Crippen molar-refractivity contribution in [1.29, 1.82) is 0 Å². The molecule has 2 aliphatic heterocycles. The maximum Gasteiger partial charge on any atom is 0.306 e. The fourth-order valence-corrected chi connectivity index (χ4v) is 4.06. The molecule has 0 aromatic heterocycles. The zero-order chi connectivity index (χ0) is 23.8. The van der Waals surface area contributed by atoms with Crippen LogP contribution in [0.1, 0.15) is 78.6 Å². The molecule has 0 aliphatic carbocycles. The third-order valence-corrected chi connectivity index (χ3v) is 6.16. The lowest BCUT2D eigenvalue weighted by molar-refractivity contribution is -0.148. The Bertz CT molecular complexity index is 661. The van der Waals surface area contributed by atoms with E-state index in [2.05, 4.69) is 35.8 Å². The molecule has 0 saturated heterocycles. The second kappa shape index (κ2) is 16.2. The van der Waals surface area contributed by atoms with Gasteiger partial charge < -0.3 is 20.8 Å². The number of hydrogen-bond acceptors (Lipinski definition) is 4. The van der Waals surface area contributed by atoms with Crippen molar-refractivity contribution in [2.45, 2.75) is 78.6 Å². The first-order chi connectivity index (χ1) is 15.4. The van der Waals surface area contributed by atoms with E-state index >= 15 is 0 Å². The molecule has 0 aromatic carbocycles. The van der Waals surface area contributed by atoms with Gasteiger partial charge in [0.15, 0.2) is 0 Å². The van der Waals surface area contributed by atoms with Crippen LogP contribution in [0, 0.1) is 23.7 Å². The summed E-state index contributed by atoms with van der Waals surface area (Å²) in [5, 5.41) is 25.4. The summed E-state index contributed by atoms with van der Waals surface area (Å²) >= 11 is 0. The van der Waals surface area contributed by atoms with Gasteiger partial charge in [-0.2, -0.15) is 0 Å². The molecule has 0 radical (unpaired) electrons. The summed E-state index contributed by atoms with van der Waals surface area (Å²) in [6.45, 7) is 6.00. The molecule has 4 N–H and O–H groups in total. The predicted molar refractivity (Wildman–Crippen MR) is 130 cm³/mol. The maximum atomic E-state index is 11.8. The first-order valence-electron chi connectivity index (χ1n) is 12.0. The molecule has 0 spiro atoms. The van der Waals surface area contributed by atoms with Crippen molar-refractivity contribution < 1.29 is 19.8 Å². The smallest absolute Gasteiger partial charge is 0.306 e. The molecule has 6 heteroatoms. The fraction of sp³-hybridized carbons (Fsp3) is 0.615. The molecular weight excluding hydrogens is 404 g/mol. The summed E-state index contributed by atoms with van der Waals surface area (Å²) in [7, 11) is 0. The Morgan fingerprint density at radius 3 is 2.00 bits per heavy atom. The van der Waals surface area contributed by atoms with Crippen molar-refractivity contribution in [2.75, 3.05) is 0 Å². The van der Waals surface area contributed by atoms with Crippen molar-refractivity contribution in [2.24, 2.45) is 23.7 Å². The number of aliphatic carboxylic acids is 2. The number of carboxylic acids is 2. The molecule has 4 atom stereocenters. The predicted octanol–water partition coefficient (Wildman–Crippen LogP) is 5.81. The Labute approximate surface area is 193 Å². The lowest BCUT2D eigenvalue weighted by Gasteiger charge is -2.27. The van der Waals surface area contributed by atoms with Gasteiger partial charge in [-0.05, 0) is 62.5 Å². The van der Waals surface area contributed by atoms with E-state index in [0.717, 1.165) is 50.6 Å². The Hall–Kier alpha value is -2.50. The first-order valence-corrected chi connectivity index (χ1v) is 12.0. The van der Waals surface area contributed by atoms with E-state index in [-0.39, 0.29) is 18.3 Å². The van der Waals surface area contributed by atoms with Crippen LogP contribution in [0.3, 0.4) is 0 Å². The summed E-state index contributed by atoms with van der Waals surface area (Å²) in [5.41, 5.74) is 1.02. The topological polar surface area (TPSA) is 98.7 Å². The second-order valence-electron chi connectivity index (χ2n) is 8.85. The number of carboxylic acid groups (broad SMARTS) is 2. The Morgan fingerprint density at radius 1 is 0.906 bits per heavy atom. The SMILES string of the molecule is C1=CNC=CC1.CCCCCCC(C)C(CC(C(=O)O)C(C)CC1=CCC=CN1)C(=O)O. The zero-order valence-electron chi connectivity index (χ0n) is 19.9. The van der Waals surface area contributed by atoms with Crippen molar-refractivity contribution >= 4 is 11.9 Å². The number of nitrogens with one attached hydrogen (secondary N) is 2. The average molecular weight is 447 g/mol. The molecular formula is C26H42N2O4. The summed E-state index contributed by atoms with van der Waals surface area (Å²) in [4.78, 5) is 23.6. The third-order valence-electron chi connectivity index (χ3n) is 6.16. The summed E-state index contributed by atoms with van der Waals surface area (Å²) in [6, 6.07) is 0. The zero-order valence-corrected chi connectivity index (χ0v) is 19.9. The van der Waals surface area contributed by atoms with Crippen molar-refractivity contribution in [1.82, 2.24) is 10.6 Å². The largest absolute Gasteiger partial charge is 0.481 e. The molecule has 0 bridgehead atoms. The molecule has 0 amide bonds. The molecule has 0 fully saturated rings. The van der Waals surface area contributed by atoms with Crippen LogP contribution in [0.5, 0.6) is 0 Å². The van der Waals surface area contributed by atoms with Gasteiger partial charge in [-0.15, -0.1) is 0 Å². The highest BCUT2D eigenvalue weighted by atomic mass is 16.4. The van der Waals surface area contributed by atoms with Gasteiger partial charge in [0.2, 0.25) is 0 Å². The van der Waals surface area contributed by atoms with Gasteiger partial charge in [0.25, 0.3) is 0 Å². The van der Waals surface area contributed by atoms with Crippen molar-refractivity contribution in [3.63, 3.8) is 0 Å². The van der Waals surface area contributed by atoms with Gasteiger partial charge in [0.1, 0.15) is 0 Å². The van der Waals surface area contributed by atoms with E-state index in [1.165, 1.54) is 0 Å². The summed E-state index contributed by atoms with van der Waals surface area (Å²) < 4.78 is 0. The Balaban J connectivity index is 0.000000730. The molecule has 180 valence electrons. The summed E-state index contributed by atoms with van der Waals surface area (Å²) in [6.07, 6.45) is 21.9. The van der Waals surface area contributed by atoms with E-state index in [1.807, 2.05) is 38.5 Å². The lowest BCUT2D eigenvalue weighted by Crippen LogP contribution is -2.31. The normalized spacial score (nSPS) is 18.2. The summed E-state index contributed by atoms with van der Waals surface area (Å²) in [5.74, 6) is -3.14. The minimum atomic E-state index is -0.895. The number of rotatable bonds is 13. The maximum absolute atomic E-state index is 11.8. The number of allylic oxidation sites excluding steroid dienone is 5. The van der Waals surface area contributed by atoms with Crippen LogP contribution in [0.15, 0.2) is 48.6 Å². The molecule has 6 nitrogen and oxygen atoms in total. The number of carbonyl (C=O) groups is 2. The van der Waals surface area contributed by atoms with Crippen LogP contribution < -0.4 is 10.6 Å². The highest BCUT2D eigenvalue weighted by Gasteiger charge is 2.34. The molecule has 0 aromatic rings. The third kappa shape index (κ3) is 11.2. The monoisotopic (exact) mass is 446 g/mol. The van der Waals surface area contributed by atoms with Gasteiger partial charge in [0.05, 0.1) is 11.8 Å². The van der Waals surface area contributed by atoms with Crippen LogP contribution in [-0.2, 0) is 9.59 Å². The Kier molecular flexibility index (Phi) is 13.9. The number of hydrogen-bond donors (Lipinski definition) is 4. The van der Waals surface area contributed by atoms with Gasteiger partial charge >= 0.3 is 11.9 Å². The lowest BCUT2D eigenvalue weighted by atomic mass is 9.77. The Morgan fingerprint density at radius 2 is 1.53 bits per heavy atom. The van der Waals surface area contributed by atoms with E-state index in [4.69, 9.17) is 0 Å². The molecule has 0 saturated carbocycles. The quantitative estimate of drug-likeness (QED) is 0.267. The van der Waals surface area contributed by atoms with E-state index in [9.17, 15) is 19.8 Å². The van der Waals surface area contributed by atoms with Gasteiger partial charge in [0, 0.05) is 5.70 Å². The molecule has 32 heavy (non-hydrogen) atoms. The highest BCUT2D eigenvalue weighted by Crippen LogP contribution is 2.31. The second-order valence-corrected chi connectivity index (χ2v) is 8.85. The molecule has 2 aliphatic rings. The van der Waals surface area contributed by atoms with Crippen LogP contribution in [0.2, 0.25) is 0 Å². The fourth-order valence-electron chi connectivity index (χ4n) is 4.06. The van der Waals surface area contributed by atoms with Crippen molar-refractivity contribution in [3.05, 3.63) is 48.6 Å². The first kappa shape index (κ1) is 27.5. The van der Waals surface area contributed by atoms with Gasteiger partial charge in [-0.1, -0.05) is 70.8 Å². The van der Waals surface area contributed by atoms with E-state index < -0.39 is 23.8 Å². The van der Waals surface area contributed by atoms with Crippen LogP contribution >= 0.6 is 0 Å². The standard InChI is InChI=1S/C21H35NO4.C5H7N/c1-4-5-6-7-10-15(2)18(20(23)24)14-19(21(25)26)16(3)13-17-11-8-9-12-22-17;1-2-4-6-5-3-1/h9,11-12,15-16,18-19,22H,4-8,10,13-14H2,1-3H3,(H,23,24)(H,25,26);2-6H,1H2. The minimum Gasteiger partial charge on any atom is -0.481 e.